The summed E-state index contributed by atoms with van der Waals surface area (Å²) in [5.41, 5.74) is 0.311. The van der Waals surface area contributed by atoms with Gasteiger partial charge in [-0.25, -0.2) is 0 Å². The second kappa shape index (κ2) is 6.00. The summed E-state index contributed by atoms with van der Waals surface area (Å²) in [5.74, 6) is 1.81. The zero-order valence-corrected chi connectivity index (χ0v) is 11.7. The highest BCUT2D eigenvalue weighted by atomic mass is 19.3. The average Bonchev–Trinajstić information content (AvgIpc) is 3.02. The number of halogens is 2. The zero-order chi connectivity index (χ0) is 14.8. The van der Waals surface area contributed by atoms with Crippen LogP contribution < -0.4 is 10.1 Å². The molecular formula is C16H19F2NO2. The van der Waals surface area contributed by atoms with Crippen molar-refractivity contribution in [3.05, 3.63) is 24.3 Å². The predicted molar refractivity (Wildman–Crippen MR) is 75.3 cm³/mol. The van der Waals surface area contributed by atoms with E-state index in [0.717, 1.165) is 12.3 Å². The molecule has 2 bridgehead atoms. The maximum atomic E-state index is 12.3. The predicted octanol–water partition coefficient (Wildman–Crippen LogP) is 4.05. The van der Waals surface area contributed by atoms with Crippen LogP contribution >= 0.6 is 0 Å². The van der Waals surface area contributed by atoms with E-state index in [1.165, 1.54) is 25.3 Å². The van der Waals surface area contributed by atoms with Gasteiger partial charge >= 0.3 is 6.61 Å². The highest BCUT2D eigenvalue weighted by Crippen LogP contribution is 2.49. The molecular weight excluding hydrogens is 276 g/mol. The standard InChI is InChI=1S/C16H19F2NO2/c17-16(18)21-14-4-2-1-3-13(14)19-15(20)9-12-8-10-5-6-11(12)7-10/h1-4,10-12,16H,5-9H2,(H,19,20)/t10-,11-,12+/m0/s1. The van der Waals surface area contributed by atoms with E-state index in [-0.39, 0.29) is 11.7 Å². The van der Waals surface area contributed by atoms with Gasteiger partial charge in [-0.3, -0.25) is 4.79 Å². The van der Waals surface area contributed by atoms with Crippen LogP contribution in [0.2, 0.25) is 0 Å². The molecule has 0 radical (unpaired) electrons. The van der Waals surface area contributed by atoms with E-state index in [9.17, 15) is 13.6 Å². The van der Waals surface area contributed by atoms with Crippen LogP contribution in [0.15, 0.2) is 24.3 Å². The van der Waals surface area contributed by atoms with Crippen molar-refractivity contribution in [2.24, 2.45) is 17.8 Å². The SMILES string of the molecule is O=C(C[C@H]1C[C@H]2CC[C@H]1C2)Nc1ccccc1OC(F)F. The summed E-state index contributed by atoms with van der Waals surface area (Å²) in [6.07, 6.45) is 5.39. The van der Waals surface area contributed by atoms with E-state index in [4.69, 9.17) is 0 Å². The van der Waals surface area contributed by atoms with Crippen LogP contribution in [0.25, 0.3) is 0 Å². The zero-order valence-electron chi connectivity index (χ0n) is 11.7. The summed E-state index contributed by atoms with van der Waals surface area (Å²) in [7, 11) is 0. The molecule has 0 saturated heterocycles. The fourth-order valence-corrected chi connectivity index (χ4v) is 3.83. The van der Waals surface area contributed by atoms with Crippen LogP contribution in [-0.4, -0.2) is 12.5 Å². The Bertz CT molecular complexity index is 521. The van der Waals surface area contributed by atoms with E-state index in [2.05, 4.69) is 10.1 Å². The molecule has 0 spiro atoms. The minimum atomic E-state index is -2.89. The Morgan fingerprint density at radius 3 is 2.76 bits per heavy atom. The molecule has 0 aliphatic heterocycles. The summed E-state index contributed by atoms with van der Waals surface area (Å²) < 4.78 is 29.1. The van der Waals surface area contributed by atoms with Crippen LogP contribution in [0.4, 0.5) is 14.5 Å². The number of hydrogen-bond acceptors (Lipinski definition) is 2. The van der Waals surface area contributed by atoms with Crippen LogP contribution in [0.5, 0.6) is 5.75 Å². The summed E-state index contributed by atoms with van der Waals surface area (Å²) in [6.45, 7) is -2.89. The monoisotopic (exact) mass is 295 g/mol. The summed E-state index contributed by atoms with van der Waals surface area (Å²) >= 11 is 0. The van der Waals surface area contributed by atoms with Gasteiger partial charge in [-0.15, -0.1) is 0 Å². The van der Waals surface area contributed by atoms with E-state index in [1.54, 1.807) is 18.2 Å². The summed E-state index contributed by atoms with van der Waals surface area (Å²) in [5, 5.41) is 2.70. The number of carbonyl (C=O) groups is 1. The summed E-state index contributed by atoms with van der Waals surface area (Å²) in [6, 6.07) is 6.30. The lowest BCUT2D eigenvalue weighted by Gasteiger charge is -2.21. The van der Waals surface area contributed by atoms with Gasteiger partial charge in [0.1, 0.15) is 5.75 Å². The first-order valence-electron chi connectivity index (χ1n) is 7.45. The topological polar surface area (TPSA) is 38.3 Å². The Balaban J connectivity index is 1.60. The molecule has 0 aromatic heterocycles. The van der Waals surface area contributed by atoms with Gasteiger partial charge in [0, 0.05) is 6.42 Å². The van der Waals surface area contributed by atoms with Gasteiger partial charge in [-0.05, 0) is 49.1 Å². The first kappa shape index (κ1) is 14.3. The Morgan fingerprint density at radius 1 is 1.29 bits per heavy atom. The quantitative estimate of drug-likeness (QED) is 0.890. The van der Waals surface area contributed by atoms with Crippen LogP contribution in [0.3, 0.4) is 0 Å². The number of carbonyl (C=O) groups excluding carboxylic acids is 1. The van der Waals surface area contributed by atoms with E-state index in [0.29, 0.717) is 23.9 Å². The molecule has 2 aliphatic carbocycles. The van der Waals surface area contributed by atoms with Crippen molar-refractivity contribution in [2.45, 2.75) is 38.7 Å². The fraction of sp³-hybridized carbons (Fsp3) is 0.562. The van der Waals surface area contributed by atoms with Crippen LogP contribution in [0, 0.1) is 17.8 Å². The van der Waals surface area contributed by atoms with Crippen LogP contribution in [0.1, 0.15) is 32.1 Å². The van der Waals surface area contributed by atoms with Gasteiger partial charge in [0.25, 0.3) is 0 Å². The minimum absolute atomic E-state index is 0.00814. The minimum Gasteiger partial charge on any atom is -0.433 e. The number of alkyl halides is 2. The lowest BCUT2D eigenvalue weighted by Crippen LogP contribution is -2.20. The van der Waals surface area contributed by atoms with Gasteiger partial charge in [0.15, 0.2) is 0 Å². The number of fused-ring (bicyclic) bond motifs is 2. The van der Waals surface area contributed by atoms with Crippen molar-refractivity contribution < 1.29 is 18.3 Å². The van der Waals surface area contributed by atoms with Crippen molar-refractivity contribution in [3.8, 4) is 5.75 Å². The van der Waals surface area contributed by atoms with Gasteiger partial charge in [0.05, 0.1) is 5.69 Å². The fourth-order valence-electron chi connectivity index (χ4n) is 3.83. The Kier molecular flexibility index (Phi) is 4.08. The highest BCUT2D eigenvalue weighted by Gasteiger charge is 2.40. The van der Waals surface area contributed by atoms with Gasteiger partial charge in [0.2, 0.25) is 5.91 Å². The number of amides is 1. The first-order chi connectivity index (χ1) is 10.1. The third kappa shape index (κ3) is 3.34. The molecule has 1 amide bonds. The smallest absolute Gasteiger partial charge is 0.387 e. The second-order valence-corrected chi connectivity index (χ2v) is 6.06. The molecule has 5 heteroatoms. The van der Waals surface area contributed by atoms with Crippen molar-refractivity contribution in [3.63, 3.8) is 0 Å². The van der Waals surface area contributed by atoms with Crippen molar-refractivity contribution in [1.82, 2.24) is 0 Å². The maximum absolute atomic E-state index is 12.3. The number of hydrogen-bond donors (Lipinski definition) is 1. The Hall–Kier alpha value is -1.65. The number of ether oxygens (including phenoxy) is 1. The van der Waals surface area contributed by atoms with E-state index in [1.807, 2.05) is 0 Å². The molecule has 0 unspecified atom stereocenters. The maximum Gasteiger partial charge on any atom is 0.387 e. The number of benzene rings is 1. The molecule has 3 atom stereocenters. The molecule has 114 valence electrons. The molecule has 0 heterocycles. The second-order valence-electron chi connectivity index (χ2n) is 6.06. The molecule has 2 aliphatic rings. The first-order valence-corrected chi connectivity index (χ1v) is 7.45. The molecule has 3 rings (SSSR count). The molecule has 1 aromatic rings. The van der Waals surface area contributed by atoms with Crippen molar-refractivity contribution >= 4 is 11.6 Å². The third-order valence-corrected chi connectivity index (χ3v) is 4.71. The van der Waals surface area contributed by atoms with Crippen molar-refractivity contribution in [1.29, 1.82) is 0 Å². The van der Waals surface area contributed by atoms with Gasteiger partial charge < -0.3 is 10.1 Å². The highest BCUT2D eigenvalue weighted by molar-refractivity contribution is 5.92. The number of nitrogens with one attached hydrogen (secondary N) is 1. The number of anilines is 1. The number of rotatable bonds is 5. The molecule has 1 aromatic carbocycles. The molecule has 1 N–H and O–H groups in total. The molecule has 21 heavy (non-hydrogen) atoms. The van der Waals surface area contributed by atoms with E-state index >= 15 is 0 Å². The average molecular weight is 295 g/mol. The third-order valence-electron chi connectivity index (χ3n) is 4.71. The lowest BCUT2D eigenvalue weighted by atomic mass is 9.86. The Labute approximate surface area is 122 Å². The van der Waals surface area contributed by atoms with Crippen molar-refractivity contribution in [2.75, 3.05) is 5.32 Å². The van der Waals surface area contributed by atoms with Gasteiger partial charge in [-0.1, -0.05) is 18.6 Å². The normalized spacial score (nSPS) is 27.1. The Morgan fingerprint density at radius 2 is 2.10 bits per heavy atom. The lowest BCUT2D eigenvalue weighted by molar-refractivity contribution is -0.117. The molecule has 2 fully saturated rings. The van der Waals surface area contributed by atoms with E-state index < -0.39 is 6.61 Å². The molecule has 2 saturated carbocycles. The van der Waals surface area contributed by atoms with Crippen LogP contribution in [-0.2, 0) is 4.79 Å². The number of para-hydroxylation sites is 2. The largest absolute Gasteiger partial charge is 0.433 e. The van der Waals surface area contributed by atoms with Gasteiger partial charge in [-0.2, -0.15) is 8.78 Å². The summed E-state index contributed by atoms with van der Waals surface area (Å²) in [4.78, 5) is 12.1. The molecule has 3 nitrogen and oxygen atoms in total.